The van der Waals surface area contributed by atoms with E-state index in [1.807, 2.05) is 0 Å². The highest BCUT2D eigenvalue weighted by Crippen LogP contribution is 2.57. The molecule has 0 unspecified atom stereocenters. The molecule has 1 aromatic heterocycles. The van der Waals surface area contributed by atoms with Gasteiger partial charge in [0.05, 0.1) is 16.6 Å². The van der Waals surface area contributed by atoms with Crippen molar-refractivity contribution in [1.29, 1.82) is 0 Å². The van der Waals surface area contributed by atoms with Crippen LogP contribution < -0.4 is 5.32 Å². The van der Waals surface area contributed by atoms with Crippen LogP contribution in [-0.4, -0.2) is 32.0 Å². The van der Waals surface area contributed by atoms with Gasteiger partial charge in [-0.15, -0.1) is 0 Å². The van der Waals surface area contributed by atoms with Crippen LogP contribution in [0.5, 0.6) is 5.75 Å². The number of nitrogens with one attached hydrogen (secondary N) is 1. The summed E-state index contributed by atoms with van der Waals surface area (Å²) >= 11 is 6.03. The first kappa shape index (κ1) is 22.5. The molecule has 2 atom stereocenters. The quantitative estimate of drug-likeness (QED) is 0.428. The Morgan fingerprint density at radius 2 is 1.91 bits per heavy atom. The fourth-order valence-corrected chi connectivity index (χ4v) is 4.74. The third-order valence-electron chi connectivity index (χ3n) is 5.91. The molecule has 0 amide bonds. The number of anilines is 1. The Kier molecular flexibility index (Phi) is 5.06. The Balaban J connectivity index is 1.98. The van der Waals surface area contributed by atoms with Gasteiger partial charge in [0.1, 0.15) is 17.4 Å². The normalized spacial score (nSPS) is 22.6. The van der Waals surface area contributed by atoms with Gasteiger partial charge in [0.25, 0.3) is 0 Å². The van der Waals surface area contributed by atoms with E-state index in [1.165, 1.54) is 32.2 Å². The minimum absolute atomic E-state index is 0.00779. The Hall–Kier alpha value is -2.65. The van der Waals surface area contributed by atoms with Crippen LogP contribution in [0.25, 0.3) is 10.9 Å². The van der Waals surface area contributed by atoms with E-state index in [2.05, 4.69) is 15.3 Å². The highest BCUT2D eigenvalue weighted by molar-refractivity contribution is 6.32. The molecule has 1 aliphatic carbocycles. The molecule has 32 heavy (non-hydrogen) atoms. The maximum absolute atomic E-state index is 14.3. The average molecular weight is 470 g/mol. The van der Waals surface area contributed by atoms with E-state index < -0.39 is 35.5 Å². The van der Waals surface area contributed by atoms with Crippen LogP contribution in [0.2, 0.25) is 5.02 Å². The molecule has 3 N–H and O–H groups in total. The number of rotatable bonds is 2. The van der Waals surface area contributed by atoms with E-state index >= 15 is 0 Å². The van der Waals surface area contributed by atoms with Gasteiger partial charge in [0.15, 0.2) is 5.60 Å². The summed E-state index contributed by atoms with van der Waals surface area (Å²) in [6.45, 7) is 4.58. The summed E-state index contributed by atoms with van der Waals surface area (Å²) in [5.41, 5.74) is -4.12. The number of phenols is 1. The summed E-state index contributed by atoms with van der Waals surface area (Å²) in [4.78, 5) is 8.19. The Morgan fingerprint density at radius 3 is 2.56 bits per heavy atom. The number of alkyl halides is 3. The molecule has 0 spiro atoms. The smallest absolute Gasteiger partial charge is 0.419 e. The van der Waals surface area contributed by atoms with E-state index in [9.17, 15) is 27.8 Å². The van der Waals surface area contributed by atoms with Crippen molar-refractivity contribution in [3.05, 3.63) is 58.3 Å². The van der Waals surface area contributed by atoms with Crippen molar-refractivity contribution in [3.8, 4) is 5.75 Å². The van der Waals surface area contributed by atoms with Crippen LogP contribution in [0.15, 0.2) is 30.5 Å². The summed E-state index contributed by atoms with van der Waals surface area (Å²) < 4.78 is 57.1. The van der Waals surface area contributed by atoms with Gasteiger partial charge in [-0.3, -0.25) is 0 Å². The van der Waals surface area contributed by atoms with Crippen LogP contribution >= 0.6 is 11.6 Å². The number of hydrogen-bond donors (Lipinski definition) is 3. The number of fused-ring (bicyclic) bond motifs is 2. The van der Waals surface area contributed by atoms with Crippen molar-refractivity contribution in [2.75, 3.05) is 5.32 Å². The monoisotopic (exact) mass is 469 g/mol. The van der Waals surface area contributed by atoms with Gasteiger partial charge in [-0.1, -0.05) is 31.5 Å². The predicted molar refractivity (Wildman–Crippen MR) is 112 cm³/mol. The molecule has 10 heteroatoms. The number of phenolic OH excluding ortho intramolecular Hbond substituents is 1. The molecule has 170 valence electrons. The lowest BCUT2D eigenvalue weighted by Crippen LogP contribution is -2.58. The summed E-state index contributed by atoms with van der Waals surface area (Å²) in [7, 11) is 0. The highest BCUT2D eigenvalue weighted by atomic mass is 35.5. The second kappa shape index (κ2) is 7.18. The van der Waals surface area contributed by atoms with E-state index in [4.69, 9.17) is 11.6 Å². The molecular weight excluding hydrogens is 450 g/mol. The summed E-state index contributed by atoms with van der Waals surface area (Å²) in [5.74, 6) is -0.706. The number of aromatic hydroxyl groups is 1. The molecule has 0 radical (unpaired) electrons. The number of nitrogens with zero attached hydrogens (tertiary/aromatic N) is 2. The fourth-order valence-electron chi connectivity index (χ4n) is 4.58. The molecule has 0 fully saturated rings. The van der Waals surface area contributed by atoms with Crippen molar-refractivity contribution in [1.82, 2.24) is 9.97 Å². The maximum atomic E-state index is 14.3. The van der Waals surface area contributed by atoms with Crippen LogP contribution in [0.3, 0.4) is 0 Å². The number of aliphatic hydroxyl groups is 1. The zero-order valence-electron chi connectivity index (χ0n) is 17.3. The number of benzene rings is 2. The number of halogens is 5. The molecular formula is C22H20ClF4N3O2. The third-order valence-corrected chi connectivity index (χ3v) is 6.22. The lowest BCUT2D eigenvalue weighted by Gasteiger charge is -2.49. The van der Waals surface area contributed by atoms with Gasteiger partial charge in [-0.25, -0.2) is 14.4 Å². The van der Waals surface area contributed by atoms with Crippen LogP contribution in [0.1, 0.15) is 43.3 Å². The minimum atomic E-state index is -5.04. The molecule has 0 bridgehead atoms. The molecule has 2 aromatic carbocycles. The SMILES string of the molecule is Cc1ncc2c(N[C@@H]3c4ccc(Cl)c(O)c4C(C)(C)C[C@]3(O)C(F)(F)F)cc(F)cc2n1. The van der Waals surface area contributed by atoms with Gasteiger partial charge in [-0.2, -0.15) is 13.2 Å². The number of aryl methyl sites for hydroxylation is 1. The van der Waals surface area contributed by atoms with Crippen molar-refractivity contribution in [3.63, 3.8) is 0 Å². The van der Waals surface area contributed by atoms with E-state index in [0.29, 0.717) is 5.82 Å². The van der Waals surface area contributed by atoms with Crippen LogP contribution in [-0.2, 0) is 5.41 Å². The molecule has 0 saturated heterocycles. The summed E-state index contributed by atoms with van der Waals surface area (Å²) in [6.07, 6.45) is -4.42. The maximum Gasteiger partial charge on any atom is 0.419 e. The highest BCUT2D eigenvalue weighted by Gasteiger charge is 2.64. The average Bonchev–Trinajstić information content (AvgIpc) is 2.65. The Morgan fingerprint density at radius 1 is 1.22 bits per heavy atom. The van der Waals surface area contributed by atoms with Crippen molar-refractivity contribution < 1.29 is 27.8 Å². The van der Waals surface area contributed by atoms with Gasteiger partial charge >= 0.3 is 6.18 Å². The summed E-state index contributed by atoms with van der Waals surface area (Å²) in [5, 5.41) is 24.6. The van der Waals surface area contributed by atoms with Gasteiger partial charge < -0.3 is 15.5 Å². The lowest BCUT2D eigenvalue weighted by molar-refractivity contribution is -0.275. The zero-order valence-corrected chi connectivity index (χ0v) is 18.1. The minimum Gasteiger partial charge on any atom is -0.506 e. The first-order valence-corrected chi connectivity index (χ1v) is 10.1. The van der Waals surface area contributed by atoms with E-state index in [-0.39, 0.29) is 38.5 Å². The molecule has 1 heterocycles. The topological polar surface area (TPSA) is 78.3 Å². The Labute approximate surface area is 186 Å². The Bertz CT molecular complexity index is 1230. The molecule has 1 aliphatic rings. The second-order valence-electron chi connectivity index (χ2n) is 8.72. The second-order valence-corrected chi connectivity index (χ2v) is 9.13. The third kappa shape index (κ3) is 3.44. The van der Waals surface area contributed by atoms with Gasteiger partial charge in [0.2, 0.25) is 0 Å². The van der Waals surface area contributed by atoms with Crippen LogP contribution in [0, 0.1) is 12.7 Å². The molecule has 4 rings (SSSR count). The van der Waals surface area contributed by atoms with E-state index in [1.54, 1.807) is 6.92 Å². The first-order chi connectivity index (χ1) is 14.7. The first-order valence-electron chi connectivity index (χ1n) is 9.75. The van der Waals surface area contributed by atoms with E-state index in [0.717, 1.165) is 12.1 Å². The van der Waals surface area contributed by atoms with Crippen molar-refractivity contribution in [2.45, 2.75) is 50.4 Å². The van der Waals surface area contributed by atoms with Crippen LogP contribution in [0.4, 0.5) is 23.2 Å². The van der Waals surface area contributed by atoms with Gasteiger partial charge in [-0.05, 0) is 36.5 Å². The zero-order chi connectivity index (χ0) is 23.6. The largest absolute Gasteiger partial charge is 0.506 e. The predicted octanol–water partition coefficient (Wildman–Crippen LogP) is 5.56. The molecule has 5 nitrogen and oxygen atoms in total. The van der Waals surface area contributed by atoms with Crippen molar-refractivity contribution >= 4 is 28.2 Å². The van der Waals surface area contributed by atoms with Crippen molar-refractivity contribution in [2.24, 2.45) is 0 Å². The van der Waals surface area contributed by atoms with Gasteiger partial charge in [0, 0.05) is 28.9 Å². The molecule has 0 saturated carbocycles. The summed E-state index contributed by atoms with van der Waals surface area (Å²) in [6, 6.07) is 3.00. The molecule has 3 aromatic rings. The molecule has 0 aliphatic heterocycles. The lowest BCUT2D eigenvalue weighted by atomic mass is 9.63. The standard InChI is InChI=1S/C22H20ClF4N3O2/c1-10-28-8-13-15(29-10)6-11(24)7-16(13)30-19-12-4-5-14(23)18(31)17(12)20(2,3)9-21(19,32)22(25,26)27/h4-8,19,30-32H,9H2,1-3H3/t19-,21-/m1/s1. The number of aromatic nitrogens is 2. The number of hydrogen-bond acceptors (Lipinski definition) is 5. The fraction of sp³-hybridized carbons (Fsp3) is 0.364.